The first-order chi connectivity index (χ1) is 13.2. The molecule has 0 saturated carbocycles. The molecule has 0 spiro atoms. The normalized spacial score (nSPS) is 14.5. The number of carbonyl (C=O) groups excluding carboxylic acids is 2. The second-order valence-corrected chi connectivity index (χ2v) is 6.49. The van der Waals surface area contributed by atoms with Crippen LogP contribution < -0.4 is 15.5 Å². The number of halogens is 1. The third kappa shape index (κ3) is 7.65. The maximum Gasteiger partial charge on any atom is 0.229 e. The van der Waals surface area contributed by atoms with Crippen molar-refractivity contribution in [3.05, 3.63) is 30.3 Å². The van der Waals surface area contributed by atoms with Crippen molar-refractivity contribution in [2.75, 3.05) is 44.7 Å². The number of carbonyl (C=O) groups is 2. The lowest BCUT2D eigenvalue weighted by atomic mass is 10.1. The van der Waals surface area contributed by atoms with Gasteiger partial charge in [-0.3, -0.25) is 19.5 Å². The topological polar surface area (TPSA) is 77.0 Å². The summed E-state index contributed by atoms with van der Waals surface area (Å²) in [6.07, 6.45) is 2.58. The van der Waals surface area contributed by atoms with Gasteiger partial charge in [0.05, 0.1) is 0 Å². The average molecular weight is 501 g/mol. The van der Waals surface area contributed by atoms with E-state index >= 15 is 0 Å². The maximum atomic E-state index is 11.8. The molecule has 2 amide bonds. The van der Waals surface area contributed by atoms with Crippen LogP contribution in [0.15, 0.2) is 35.3 Å². The van der Waals surface area contributed by atoms with E-state index in [-0.39, 0.29) is 35.8 Å². The van der Waals surface area contributed by atoms with Crippen LogP contribution in [0.5, 0.6) is 0 Å². The summed E-state index contributed by atoms with van der Waals surface area (Å²) in [7, 11) is 1.72. The molecule has 1 aliphatic rings. The first kappa shape index (κ1) is 24.2. The van der Waals surface area contributed by atoms with Crippen molar-refractivity contribution in [1.82, 2.24) is 15.5 Å². The number of para-hydroxylation sites is 1. The molecule has 7 nitrogen and oxygen atoms in total. The third-order valence-corrected chi connectivity index (χ3v) is 4.64. The Morgan fingerprint density at radius 2 is 1.75 bits per heavy atom. The zero-order chi connectivity index (χ0) is 19.5. The van der Waals surface area contributed by atoms with E-state index in [1.807, 2.05) is 6.07 Å². The van der Waals surface area contributed by atoms with Gasteiger partial charge in [-0.1, -0.05) is 18.2 Å². The molecule has 8 heteroatoms. The second kappa shape index (κ2) is 13.4. The standard InChI is InChI=1S/C20H31N5O2.HI/c1-3-24(17-9-5-4-6-10-17)15-8-13-22-20(21-2)23-14-16-25-18(26)11-7-12-19(25)27;/h4-6,9-10H,3,7-8,11-16H2,1-2H3,(H2,21,22,23);1H. The van der Waals surface area contributed by atoms with Crippen molar-refractivity contribution < 1.29 is 9.59 Å². The number of rotatable bonds is 9. The summed E-state index contributed by atoms with van der Waals surface area (Å²) < 4.78 is 0. The average Bonchev–Trinajstić information content (AvgIpc) is 2.69. The van der Waals surface area contributed by atoms with Crippen molar-refractivity contribution in [1.29, 1.82) is 0 Å². The minimum atomic E-state index is -0.0726. The highest BCUT2D eigenvalue weighted by atomic mass is 127. The minimum Gasteiger partial charge on any atom is -0.372 e. The largest absolute Gasteiger partial charge is 0.372 e. The van der Waals surface area contributed by atoms with Crippen LogP contribution in [-0.2, 0) is 9.59 Å². The SMILES string of the molecule is CCN(CCCNC(=NC)NCCN1C(=O)CCCC1=O)c1ccccc1.I. The van der Waals surface area contributed by atoms with E-state index in [0.29, 0.717) is 38.3 Å². The molecule has 2 N–H and O–H groups in total. The Balaban J connectivity index is 0.00000392. The molecule has 0 bridgehead atoms. The van der Waals surface area contributed by atoms with Crippen LogP contribution in [0.2, 0.25) is 0 Å². The Bertz CT molecular complexity index is 623. The fourth-order valence-electron chi connectivity index (χ4n) is 3.14. The highest BCUT2D eigenvalue weighted by Crippen LogP contribution is 2.13. The summed E-state index contributed by atoms with van der Waals surface area (Å²) in [6, 6.07) is 10.4. The van der Waals surface area contributed by atoms with Crippen molar-refractivity contribution in [2.24, 2.45) is 4.99 Å². The number of piperidine rings is 1. The van der Waals surface area contributed by atoms with Crippen LogP contribution in [0.25, 0.3) is 0 Å². The molecule has 2 rings (SSSR count). The molecular weight excluding hydrogens is 469 g/mol. The Labute approximate surface area is 185 Å². The molecule has 1 fully saturated rings. The Morgan fingerprint density at radius 3 is 2.36 bits per heavy atom. The molecule has 1 saturated heterocycles. The van der Waals surface area contributed by atoms with Crippen LogP contribution in [-0.4, -0.2) is 62.4 Å². The van der Waals surface area contributed by atoms with Crippen molar-refractivity contribution in [2.45, 2.75) is 32.6 Å². The van der Waals surface area contributed by atoms with Gasteiger partial charge in [-0.05, 0) is 31.9 Å². The molecule has 156 valence electrons. The number of anilines is 1. The van der Waals surface area contributed by atoms with Gasteiger partial charge >= 0.3 is 0 Å². The molecule has 0 radical (unpaired) electrons. The Hall–Kier alpha value is -1.84. The summed E-state index contributed by atoms with van der Waals surface area (Å²) in [5.41, 5.74) is 1.23. The van der Waals surface area contributed by atoms with E-state index in [0.717, 1.165) is 26.1 Å². The Kier molecular flexibility index (Phi) is 11.5. The lowest BCUT2D eigenvalue weighted by Gasteiger charge is -2.25. The fraction of sp³-hybridized carbons (Fsp3) is 0.550. The minimum absolute atomic E-state index is 0. The van der Waals surface area contributed by atoms with Gasteiger partial charge < -0.3 is 15.5 Å². The number of nitrogens with one attached hydrogen (secondary N) is 2. The van der Waals surface area contributed by atoms with Gasteiger partial charge in [0.25, 0.3) is 0 Å². The molecule has 0 aliphatic carbocycles. The van der Waals surface area contributed by atoms with Crippen LogP contribution >= 0.6 is 24.0 Å². The number of nitrogens with zero attached hydrogens (tertiary/aromatic N) is 3. The van der Waals surface area contributed by atoms with Gasteiger partial charge in [0.2, 0.25) is 11.8 Å². The van der Waals surface area contributed by atoms with Crippen LogP contribution in [0.4, 0.5) is 5.69 Å². The van der Waals surface area contributed by atoms with Crippen LogP contribution in [0.3, 0.4) is 0 Å². The Morgan fingerprint density at radius 1 is 1.11 bits per heavy atom. The van der Waals surface area contributed by atoms with E-state index in [2.05, 4.69) is 51.7 Å². The lowest BCUT2D eigenvalue weighted by Crippen LogP contribution is -2.46. The first-order valence-electron chi connectivity index (χ1n) is 9.73. The number of hydrogen-bond acceptors (Lipinski definition) is 4. The second-order valence-electron chi connectivity index (χ2n) is 6.49. The van der Waals surface area contributed by atoms with E-state index in [4.69, 9.17) is 0 Å². The zero-order valence-corrected chi connectivity index (χ0v) is 19.1. The van der Waals surface area contributed by atoms with Gasteiger partial charge in [0, 0.05) is 58.3 Å². The number of likely N-dealkylation sites (tertiary alicyclic amines) is 1. The van der Waals surface area contributed by atoms with Crippen LogP contribution in [0.1, 0.15) is 32.6 Å². The molecular formula is C20H32IN5O2. The van der Waals surface area contributed by atoms with E-state index in [9.17, 15) is 9.59 Å². The molecule has 0 aromatic heterocycles. The van der Waals surface area contributed by atoms with E-state index < -0.39 is 0 Å². The van der Waals surface area contributed by atoms with Gasteiger partial charge in [-0.25, -0.2) is 0 Å². The monoisotopic (exact) mass is 501 g/mol. The van der Waals surface area contributed by atoms with Crippen molar-refractivity contribution in [3.63, 3.8) is 0 Å². The number of amides is 2. The molecule has 1 aromatic carbocycles. The van der Waals surface area contributed by atoms with E-state index in [1.54, 1.807) is 7.05 Å². The smallest absolute Gasteiger partial charge is 0.229 e. The van der Waals surface area contributed by atoms with Crippen LogP contribution in [0, 0.1) is 0 Å². The van der Waals surface area contributed by atoms with Crippen molar-refractivity contribution >= 4 is 47.4 Å². The molecule has 1 heterocycles. The third-order valence-electron chi connectivity index (χ3n) is 4.64. The predicted molar refractivity (Wildman–Crippen MR) is 124 cm³/mol. The molecule has 1 aromatic rings. The van der Waals surface area contributed by atoms with Gasteiger partial charge in [-0.2, -0.15) is 0 Å². The lowest BCUT2D eigenvalue weighted by molar-refractivity contribution is -0.147. The van der Waals surface area contributed by atoms with Gasteiger partial charge in [0.1, 0.15) is 0 Å². The van der Waals surface area contributed by atoms with Gasteiger partial charge in [0.15, 0.2) is 5.96 Å². The summed E-state index contributed by atoms with van der Waals surface area (Å²) in [6.45, 7) is 5.77. The number of imide groups is 1. The molecule has 28 heavy (non-hydrogen) atoms. The molecule has 0 atom stereocenters. The number of guanidine groups is 1. The zero-order valence-electron chi connectivity index (χ0n) is 16.8. The molecule has 1 aliphatic heterocycles. The predicted octanol–water partition coefficient (Wildman–Crippen LogP) is 2.23. The fourth-order valence-corrected chi connectivity index (χ4v) is 3.14. The van der Waals surface area contributed by atoms with Crippen molar-refractivity contribution in [3.8, 4) is 0 Å². The van der Waals surface area contributed by atoms with Gasteiger partial charge in [-0.15, -0.1) is 24.0 Å². The first-order valence-corrected chi connectivity index (χ1v) is 9.73. The summed E-state index contributed by atoms with van der Waals surface area (Å²) in [4.78, 5) is 31.5. The molecule has 0 unspecified atom stereocenters. The highest BCUT2D eigenvalue weighted by Gasteiger charge is 2.25. The number of benzene rings is 1. The highest BCUT2D eigenvalue weighted by molar-refractivity contribution is 14.0. The number of hydrogen-bond donors (Lipinski definition) is 2. The van der Waals surface area contributed by atoms with E-state index in [1.165, 1.54) is 10.6 Å². The summed E-state index contributed by atoms with van der Waals surface area (Å²) >= 11 is 0. The summed E-state index contributed by atoms with van der Waals surface area (Å²) in [5.74, 6) is 0.544. The number of aliphatic imine (C=N–C) groups is 1. The maximum absolute atomic E-state index is 11.8. The quantitative estimate of drug-likeness (QED) is 0.179. The summed E-state index contributed by atoms with van der Waals surface area (Å²) in [5, 5.41) is 6.46.